The summed E-state index contributed by atoms with van der Waals surface area (Å²) in [4.78, 5) is 14.5. The molecule has 2 N–H and O–H groups in total. The van der Waals surface area contributed by atoms with Gasteiger partial charge in [-0.15, -0.1) is 5.10 Å². The van der Waals surface area contributed by atoms with E-state index in [-0.39, 0.29) is 18.6 Å². The maximum Gasteiger partial charge on any atom is 0.273 e. The van der Waals surface area contributed by atoms with Gasteiger partial charge >= 0.3 is 0 Å². The van der Waals surface area contributed by atoms with E-state index in [0.29, 0.717) is 24.6 Å². The molecule has 1 saturated heterocycles. The third-order valence-electron chi connectivity index (χ3n) is 5.27. The van der Waals surface area contributed by atoms with Crippen molar-refractivity contribution in [2.75, 3.05) is 26.2 Å². The third kappa shape index (κ3) is 5.39. The monoisotopic (exact) mass is 385 g/mol. The summed E-state index contributed by atoms with van der Waals surface area (Å²) in [5.74, 6) is 0.313. The molecule has 0 saturated carbocycles. The van der Waals surface area contributed by atoms with Crippen molar-refractivity contribution >= 4 is 5.91 Å². The number of nitrogens with one attached hydrogen (secondary N) is 1. The summed E-state index contributed by atoms with van der Waals surface area (Å²) in [6.45, 7) is 7.83. The number of piperidine rings is 1. The van der Waals surface area contributed by atoms with Crippen LogP contribution in [0.15, 0.2) is 30.5 Å². The van der Waals surface area contributed by atoms with Crippen molar-refractivity contribution in [1.29, 1.82) is 0 Å². The highest BCUT2D eigenvalue weighted by molar-refractivity contribution is 5.91. The van der Waals surface area contributed by atoms with Gasteiger partial charge in [-0.1, -0.05) is 43.3 Å². The summed E-state index contributed by atoms with van der Waals surface area (Å²) >= 11 is 0. The largest absolute Gasteiger partial charge is 0.396 e. The maximum atomic E-state index is 12.1. The average Bonchev–Trinajstić information content (AvgIpc) is 3.19. The number of aliphatic hydroxyl groups is 1. The standard InChI is InChI=1S/C21H31N5O2/c1-16(2)18-8-6-17(7-9-18)13-25-11-3-5-19(14-25)26-15-20(23-24-26)21(28)22-10-4-12-27/h6-9,15-16,19,27H,3-5,10-14H2,1-2H3,(H,22,28)/t19-/m1/s1. The van der Waals surface area contributed by atoms with E-state index in [1.807, 2.05) is 4.68 Å². The van der Waals surface area contributed by atoms with Crippen molar-refractivity contribution in [3.8, 4) is 0 Å². The zero-order chi connectivity index (χ0) is 19.9. The number of amides is 1. The van der Waals surface area contributed by atoms with Crippen LogP contribution in [0.4, 0.5) is 0 Å². The number of hydrogen-bond donors (Lipinski definition) is 2. The SMILES string of the molecule is CC(C)c1ccc(CN2CCC[C@@H](n3cc(C(=O)NCCCO)nn3)C2)cc1. The number of hydrogen-bond acceptors (Lipinski definition) is 5. The molecule has 1 aromatic carbocycles. The molecule has 0 radical (unpaired) electrons. The van der Waals surface area contributed by atoms with Gasteiger partial charge in [0, 0.05) is 26.2 Å². The first-order valence-electron chi connectivity index (χ1n) is 10.2. The van der Waals surface area contributed by atoms with Crippen LogP contribution in [0, 0.1) is 0 Å². The second-order valence-corrected chi connectivity index (χ2v) is 7.84. The van der Waals surface area contributed by atoms with Gasteiger partial charge in [-0.05, 0) is 42.9 Å². The van der Waals surface area contributed by atoms with Gasteiger partial charge in [-0.25, -0.2) is 4.68 Å². The Labute approximate surface area is 166 Å². The van der Waals surface area contributed by atoms with Crippen molar-refractivity contribution < 1.29 is 9.90 Å². The number of aromatic nitrogens is 3. The fraction of sp³-hybridized carbons (Fsp3) is 0.571. The fourth-order valence-electron chi connectivity index (χ4n) is 3.59. The molecule has 1 aliphatic heterocycles. The Kier molecular flexibility index (Phi) is 7.17. The van der Waals surface area contributed by atoms with Crippen molar-refractivity contribution in [3.63, 3.8) is 0 Å². The highest BCUT2D eigenvalue weighted by Crippen LogP contribution is 2.23. The lowest BCUT2D eigenvalue weighted by Gasteiger charge is -2.32. The summed E-state index contributed by atoms with van der Waals surface area (Å²) in [6.07, 6.45) is 4.42. The number of carbonyl (C=O) groups excluding carboxylic acids is 1. The number of benzene rings is 1. The minimum absolute atomic E-state index is 0.0606. The Bertz CT molecular complexity index is 756. The van der Waals surface area contributed by atoms with E-state index < -0.39 is 0 Å². The summed E-state index contributed by atoms with van der Waals surface area (Å²) in [5, 5.41) is 19.8. The summed E-state index contributed by atoms with van der Waals surface area (Å²) in [6, 6.07) is 9.13. The number of rotatable bonds is 8. The lowest BCUT2D eigenvalue weighted by Crippen LogP contribution is -2.36. The molecule has 152 valence electrons. The van der Waals surface area contributed by atoms with Gasteiger partial charge in [0.05, 0.1) is 12.2 Å². The molecular formula is C21H31N5O2. The molecule has 0 aliphatic carbocycles. The highest BCUT2D eigenvalue weighted by Gasteiger charge is 2.23. The van der Waals surface area contributed by atoms with Gasteiger partial charge in [0.2, 0.25) is 0 Å². The van der Waals surface area contributed by atoms with Crippen LogP contribution in [0.25, 0.3) is 0 Å². The Balaban J connectivity index is 1.56. The predicted molar refractivity (Wildman–Crippen MR) is 108 cm³/mol. The molecule has 0 bridgehead atoms. The molecule has 0 unspecified atom stereocenters. The Morgan fingerprint density at radius 3 is 2.82 bits per heavy atom. The molecule has 7 heteroatoms. The zero-order valence-electron chi connectivity index (χ0n) is 16.8. The first-order chi connectivity index (χ1) is 13.6. The molecule has 3 rings (SSSR count). The smallest absolute Gasteiger partial charge is 0.273 e. The lowest BCUT2D eigenvalue weighted by molar-refractivity contribution is 0.0946. The van der Waals surface area contributed by atoms with Gasteiger partial charge in [-0.3, -0.25) is 9.69 Å². The summed E-state index contributed by atoms with van der Waals surface area (Å²) in [5.41, 5.74) is 3.03. The van der Waals surface area contributed by atoms with Crippen molar-refractivity contribution in [3.05, 3.63) is 47.3 Å². The Morgan fingerprint density at radius 1 is 1.32 bits per heavy atom. The summed E-state index contributed by atoms with van der Waals surface area (Å²) in [7, 11) is 0. The molecular weight excluding hydrogens is 354 g/mol. The molecule has 2 aromatic rings. The quantitative estimate of drug-likeness (QED) is 0.682. The van der Waals surface area contributed by atoms with E-state index in [4.69, 9.17) is 5.11 Å². The van der Waals surface area contributed by atoms with Crippen molar-refractivity contribution in [1.82, 2.24) is 25.2 Å². The minimum atomic E-state index is -0.238. The fourth-order valence-corrected chi connectivity index (χ4v) is 3.59. The highest BCUT2D eigenvalue weighted by atomic mass is 16.3. The van der Waals surface area contributed by atoms with Gasteiger partial charge < -0.3 is 10.4 Å². The van der Waals surface area contributed by atoms with E-state index in [0.717, 1.165) is 32.5 Å². The van der Waals surface area contributed by atoms with Gasteiger partial charge in [0.1, 0.15) is 0 Å². The minimum Gasteiger partial charge on any atom is -0.396 e. The average molecular weight is 386 g/mol. The first kappa shape index (κ1) is 20.5. The van der Waals surface area contributed by atoms with Gasteiger partial charge in [0.25, 0.3) is 5.91 Å². The molecule has 1 aliphatic rings. The first-order valence-corrected chi connectivity index (χ1v) is 10.2. The Morgan fingerprint density at radius 2 is 2.11 bits per heavy atom. The molecule has 1 fully saturated rings. The van der Waals surface area contributed by atoms with Gasteiger partial charge in [0.15, 0.2) is 5.69 Å². The van der Waals surface area contributed by atoms with E-state index >= 15 is 0 Å². The normalized spacial score (nSPS) is 17.8. The maximum absolute atomic E-state index is 12.1. The molecule has 1 aromatic heterocycles. The number of nitrogens with zero attached hydrogens (tertiary/aromatic N) is 4. The van der Waals surface area contributed by atoms with Crippen LogP contribution in [0.3, 0.4) is 0 Å². The number of aliphatic hydroxyl groups excluding tert-OH is 1. The van der Waals surface area contributed by atoms with Gasteiger partial charge in [-0.2, -0.15) is 0 Å². The van der Waals surface area contributed by atoms with Crippen LogP contribution in [0.2, 0.25) is 0 Å². The van der Waals surface area contributed by atoms with Crippen LogP contribution < -0.4 is 5.32 Å². The van der Waals surface area contributed by atoms with Crippen LogP contribution in [0.5, 0.6) is 0 Å². The van der Waals surface area contributed by atoms with E-state index in [1.54, 1.807) is 6.20 Å². The molecule has 28 heavy (non-hydrogen) atoms. The van der Waals surface area contributed by atoms with Crippen LogP contribution in [-0.4, -0.2) is 57.1 Å². The second kappa shape index (κ2) is 9.80. The second-order valence-electron chi connectivity index (χ2n) is 7.84. The van der Waals surface area contributed by atoms with Crippen LogP contribution in [0.1, 0.15) is 66.7 Å². The van der Waals surface area contributed by atoms with Crippen molar-refractivity contribution in [2.24, 2.45) is 0 Å². The van der Waals surface area contributed by atoms with Crippen LogP contribution in [-0.2, 0) is 6.54 Å². The molecule has 0 spiro atoms. The number of likely N-dealkylation sites (tertiary alicyclic amines) is 1. The lowest BCUT2D eigenvalue weighted by atomic mass is 10.0. The predicted octanol–water partition coefficient (Wildman–Crippen LogP) is 2.35. The molecule has 7 nitrogen and oxygen atoms in total. The zero-order valence-corrected chi connectivity index (χ0v) is 16.8. The van der Waals surface area contributed by atoms with E-state index in [2.05, 4.69) is 58.6 Å². The van der Waals surface area contributed by atoms with Crippen molar-refractivity contribution in [2.45, 2.75) is 51.6 Å². The molecule has 1 amide bonds. The molecule has 1 atom stereocenters. The van der Waals surface area contributed by atoms with E-state index in [9.17, 15) is 4.79 Å². The number of carbonyl (C=O) groups is 1. The van der Waals surface area contributed by atoms with Crippen LogP contribution >= 0.6 is 0 Å². The Hall–Kier alpha value is -2.25. The topological polar surface area (TPSA) is 83.3 Å². The summed E-state index contributed by atoms with van der Waals surface area (Å²) < 4.78 is 1.83. The van der Waals surface area contributed by atoms with E-state index in [1.165, 1.54) is 11.1 Å². The molecule has 2 heterocycles. The third-order valence-corrected chi connectivity index (χ3v) is 5.27.